The Balaban J connectivity index is 1.93. The van der Waals surface area contributed by atoms with Crippen LogP contribution in [-0.4, -0.2) is 23.4 Å². The average Bonchev–Trinajstić information content (AvgIpc) is 2.99. The molecule has 0 saturated carbocycles. The minimum Gasteiger partial charge on any atom is -0.379 e. The molecule has 17 heavy (non-hydrogen) atoms. The minimum atomic E-state index is -0.625. The third-order valence-corrected chi connectivity index (χ3v) is 2.94. The second kappa shape index (κ2) is 3.94. The molecule has 3 rings (SSSR count). The maximum absolute atomic E-state index is 6.15. The zero-order chi connectivity index (χ0) is 11.7. The summed E-state index contributed by atoms with van der Waals surface area (Å²) in [4.78, 5) is 4.35. The Morgan fingerprint density at radius 1 is 1.24 bits per heavy atom. The lowest BCUT2D eigenvalue weighted by atomic mass is 10.0. The molecule has 5 nitrogen and oxygen atoms in total. The van der Waals surface area contributed by atoms with E-state index in [1.807, 2.05) is 30.3 Å². The number of hydrogen-bond acceptors (Lipinski definition) is 5. The van der Waals surface area contributed by atoms with E-state index in [1.54, 1.807) is 0 Å². The molecule has 88 valence electrons. The minimum absolute atomic E-state index is 0.434. The van der Waals surface area contributed by atoms with Crippen molar-refractivity contribution in [1.29, 1.82) is 0 Å². The number of nitrogens with zero attached hydrogens (tertiary/aromatic N) is 2. The fourth-order valence-electron chi connectivity index (χ4n) is 1.88. The highest BCUT2D eigenvalue weighted by Gasteiger charge is 2.38. The van der Waals surface area contributed by atoms with E-state index in [9.17, 15) is 0 Å². The first kappa shape index (κ1) is 10.4. The Kier molecular flexibility index (Phi) is 2.42. The summed E-state index contributed by atoms with van der Waals surface area (Å²) in [6, 6.07) is 9.68. The molecule has 2 N–H and O–H groups in total. The SMILES string of the molecule is NC1(c2nc(-c3ccccc3)no2)CCOC1. The lowest BCUT2D eigenvalue weighted by Crippen LogP contribution is -2.37. The highest BCUT2D eigenvalue weighted by atomic mass is 16.5. The van der Waals surface area contributed by atoms with Crippen LogP contribution in [0.4, 0.5) is 0 Å². The fourth-order valence-corrected chi connectivity index (χ4v) is 1.88. The molecule has 1 unspecified atom stereocenters. The molecule has 0 bridgehead atoms. The molecule has 5 heteroatoms. The van der Waals surface area contributed by atoms with Crippen LogP contribution in [0.2, 0.25) is 0 Å². The van der Waals surface area contributed by atoms with Gasteiger partial charge in [0.05, 0.1) is 6.61 Å². The molecule has 2 heterocycles. The molecule has 0 amide bonds. The van der Waals surface area contributed by atoms with Gasteiger partial charge >= 0.3 is 0 Å². The summed E-state index contributed by atoms with van der Waals surface area (Å²) in [6.45, 7) is 1.07. The van der Waals surface area contributed by atoms with Gasteiger partial charge < -0.3 is 15.0 Å². The molecule has 1 aliphatic rings. The van der Waals surface area contributed by atoms with Crippen molar-refractivity contribution in [3.63, 3.8) is 0 Å². The maximum Gasteiger partial charge on any atom is 0.249 e. The van der Waals surface area contributed by atoms with Gasteiger partial charge in [-0.1, -0.05) is 35.5 Å². The van der Waals surface area contributed by atoms with Crippen molar-refractivity contribution in [3.8, 4) is 11.4 Å². The van der Waals surface area contributed by atoms with Gasteiger partial charge in [-0.25, -0.2) is 0 Å². The van der Waals surface area contributed by atoms with Crippen molar-refractivity contribution in [3.05, 3.63) is 36.2 Å². The molecule has 0 spiro atoms. The molecule has 1 atom stereocenters. The van der Waals surface area contributed by atoms with Crippen molar-refractivity contribution in [1.82, 2.24) is 10.1 Å². The molecule has 1 aliphatic heterocycles. The zero-order valence-electron chi connectivity index (χ0n) is 9.30. The van der Waals surface area contributed by atoms with Crippen LogP contribution in [0.25, 0.3) is 11.4 Å². The van der Waals surface area contributed by atoms with Gasteiger partial charge in [0.25, 0.3) is 0 Å². The van der Waals surface area contributed by atoms with Gasteiger partial charge in [0.1, 0.15) is 5.54 Å². The van der Waals surface area contributed by atoms with E-state index in [0.29, 0.717) is 31.3 Å². The van der Waals surface area contributed by atoms with Crippen LogP contribution in [0.3, 0.4) is 0 Å². The van der Waals surface area contributed by atoms with Crippen LogP contribution in [0, 0.1) is 0 Å². The van der Waals surface area contributed by atoms with E-state index in [0.717, 1.165) is 5.56 Å². The van der Waals surface area contributed by atoms with Crippen LogP contribution in [0.15, 0.2) is 34.9 Å². The normalized spacial score (nSPS) is 24.1. The Labute approximate surface area is 98.6 Å². The second-order valence-corrected chi connectivity index (χ2v) is 4.25. The van der Waals surface area contributed by atoms with Crippen LogP contribution >= 0.6 is 0 Å². The van der Waals surface area contributed by atoms with Crippen LogP contribution < -0.4 is 5.73 Å². The van der Waals surface area contributed by atoms with Gasteiger partial charge in [0, 0.05) is 12.2 Å². The zero-order valence-corrected chi connectivity index (χ0v) is 9.30. The number of nitrogens with two attached hydrogens (primary N) is 1. The summed E-state index contributed by atoms with van der Waals surface area (Å²) in [5.74, 6) is 1.02. The monoisotopic (exact) mass is 231 g/mol. The molecule has 1 aromatic carbocycles. The van der Waals surface area contributed by atoms with Crippen molar-refractivity contribution in [2.45, 2.75) is 12.0 Å². The van der Waals surface area contributed by atoms with E-state index < -0.39 is 5.54 Å². The topological polar surface area (TPSA) is 74.2 Å². The largest absolute Gasteiger partial charge is 0.379 e. The predicted octanol–water partition coefficient (Wildman–Crippen LogP) is 1.31. The lowest BCUT2D eigenvalue weighted by Gasteiger charge is -2.14. The Hall–Kier alpha value is -1.72. The summed E-state index contributed by atoms with van der Waals surface area (Å²) < 4.78 is 10.5. The van der Waals surface area contributed by atoms with Crippen molar-refractivity contribution >= 4 is 0 Å². The Morgan fingerprint density at radius 3 is 2.76 bits per heavy atom. The summed E-state index contributed by atoms with van der Waals surface area (Å²) in [6.07, 6.45) is 0.712. The molecular formula is C12H13N3O2. The van der Waals surface area contributed by atoms with Crippen LogP contribution in [0.1, 0.15) is 12.3 Å². The molecule has 1 aromatic heterocycles. The fraction of sp³-hybridized carbons (Fsp3) is 0.333. The molecule has 0 radical (unpaired) electrons. The summed E-state index contributed by atoms with van der Waals surface area (Å²) >= 11 is 0. The van der Waals surface area contributed by atoms with E-state index in [4.69, 9.17) is 15.0 Å². The number of rotatable bonds is 2. The van der Waals surface area contributed by atoms with E-state index in [2.05, 4.69) is 10.1 Å². The first-order valence-corrected chi connectivity index (χ1v) is 5.54. The van der Waals surface area contributed by atoms with E-state index in [1.165, 1.54) is 0 Å². The number of ether oxygens (including phenoxy) is 1. The van der Waals surface area contributed by atoms with Gasteiger partial charge in [-0.2, -0.15) is 4.98 Å². The van der Waals surface area contributed by atoms with Gasteiger partial charge in [-0.05, 0) is 6.42 Å². The second-order valence-electron chi connectivity index (χ2n) is 4.25. The molecular weight excluding hydrogens is 218 g/mol. The molecule has 0 aliphatic carbocycles. The third-order valence-electron chi connectivity index (χ3n) is 2.94. The van der Waals surface area contributed by atoms with Gasteiger partial charge in [-0.15, -0.1) is 0 Å². The Morgan fingerprint density at radius 2 is 2.06 bits per heavy atom. The first-order valence-electron chi connectivity index (χ1n) is 5.54. The first-order chi connectivity index (χ1) is 8.28. The van der Waals surface area contributed by atoms with Crippen LogP contribution in [-0.2, 0) is 10.3 Å². The highest BCUT2D eigenvalue weighted by Crippen LogP contribution is 2.27. The lowest BCUT2D eigenvalue weighted by molar-refractivity contribution is 0.166. The van der Waals surface area contributed by atoms with Gasteiger partial charge in [-0.3, -0.25) is 0 Å². The average molecular weight is 231 g/mol. The van der Waals surface area contributed by atoms with Gasteiger partial charge in [0.2, 0.25) is 11.7 Å². The Bertz CT molecular complexity index is 503. The quantitative estimate of drug-likeness (QED) is 0.843. The van der Waals surface area contributed by atoms with E-state index in [-0.39, 0.29) is 0 Å². The van der Waals surface area contributed by atoms with Crippen molar-refractivity contribution in [2.75, 3.05) is 13.2 Å². The molecule has 1 fully saturated rings. The summed E-state index contributed by atoms with van der Waals surface area (Å²) in [5, 5.41) is 3.95. The summed E-state index contributed by atoms with van der Waals surface area (Å²) in [7, 11) is 0. The van der Waals surface area contributed by atoms with Crippen molar-refractivity contribution < 1.29 is 9.26 Å². The smallest absolute Gasteiger partial charge is 0.249 e. The van der Waals surface area contributed by atoms with Crippen LogP contribution in [0.5, 0.6) is 0 Å². The highest BCUT2D eigenvalue weighted by molar-refractivity contribution is 5.53. The standard InChI is InChI=1S/C12H13N3O2/c13-12(6-7-16-8-12)11-14-10(15-17-11)9-4-2-1-3-5-9/h1-5H,6-8,13H2. The predicted molar refractivity (Wildman–Crippen MR) is 61.0 cm³/mol. The third kappa shape index (κ3) is 1.83. The number of aromatic nitrogens is 2. The van der Waals surface area contributed by atoms with Crippen molar-refractivity contribution in [2.24, 2.45) is 5.73 Å². The molecule has 2 aromatic rings. The van der Waals surface area contributed by atoms with Gasteiger partial charge in [0.15, 0.2) is 0 Å². The maximum atomic E-state index is 6.15. The number of benzene rings is 1. The summed E-state index contributed by atoms with van der Waals surface area (Å²) in [5.41, 5.74) is 6.45. The van der Waals surface area contributed by atoms with E-state index >= 15 is 0 Å². The number of hydrogen-bond donors (Lipinski definition) is 1. The molecule has 1 saturated heterocycles.